The largest absolute Gasteiger partial charge is 0.444 e. The lowest BCUT2D eigenvalue weighted by atomic mass is 10.1. The number of fused-ring (bicyclic) bond motifs is 3. The maximum atomic E-state index is 13.2. The Hall–Kier alpha value is -13.7. The lowest BCUT2D eigenvalue weighted by Crippen LogP contribution is -2.33. The number of rotatable bonds is 25. The van der Waals surface area contributed by atoms with E-state index < -0.39 is 41.1 Å². The van der Waals surface area contributed by atoms with Crippen molar-refractivity contribution >= 4 is 99.9 Å². The topological polar surface area (TPSA) is 431 Å². The average molecular weight is 1560 g/mol. The molecule has 0 saturated carbocycles. The molecule has 12 rings (SSSR count). The highest BCUT2D eigenvalue weighted by molar-refractivity contribution is 6.13. The molecule has 3 aliphatic heterocycles. The number of unbranched alkanes of at least 4 members (excludes halogenated alkanes) is 5. The number of hydrogen-bond donors (Lipinski definition) is 8. The smallest absolute Gasteiger partial charge is 0.407 e. The highest BCUT2D eigenvalue weighted by Gasteiger charge is 2.39. The Morgan fingerprint density at radius 2 is 0.643 bits per heavy atom. The second-order valence-corrected chi connectivity index (χ2v) is 29.6. The summed E-state index contributed by atoms with van der Waals surface area (Å²) in [7, 11) is 1.53. The number of primary amides is 3. The number of hydrogen-bond acceptors (Lipinski definition) is 19. The fourth-order valence-electron chi connectivity index (χ4n) is 12.6. The van der Waals surface area contributed by atoms with Gasteiger partial charge in [0.2, 0.25) is 17.7 Å². The van der Waals surface area contributed by atoms with Crippen LogP contribution in [-0.4, -0.2) is 140 Å². The van der Waals surface area contributed by atoms with Crippen molar-refractivity contribution < 1.29 is 62.2 Å². The van der Waals surface area contributed by atoms with Crippen molar-refractivity contribution in [1.82, 2.24) is 56.5 Å². The van der Waals surface area contributed by atoms with Gasteiger partial charge in [0.1, 0.15) is 45.7 Å². The molecule has 0 atom stereocenters. The number of amides is 11. The minimum Gasteiger partial charge on any atom is -0.444 e. The molecule has 11 N–H and O–H groups in total. The summed E-state index contributed by atoms with van der Waals surface area (Å²) in [6, 6.07) is 42.5. The number of aryl methyl sites for hydroxylation is 3. The van der Waals surface area contributed by atoms with Crippen molar-refractivity contribution in [2.45, 2.75) is 138 Å². The maximum Gasteiger partial charge on any atom is 0.407 e. The van der Waals surface area contributed by atoms with Gasteiger partial charge in [0.15, 0.2) is 17.5 Å². The van der Waals surface area contributed by atoms with Crippen molar-refractivity contribution in [2.24, 2.45) is 17.2 Å². The fourth-order valence-corrected chi connectivity index (χ4v) is 12.6. The zero-order chi connectivity index (χ0) is 83.0. The molecular formula is C85H93N17O13. The molecular weight excluding hydrogens is 1470 g/mol. The highest BCUT2D eigenvalue weighted by Crippen LogP contribution is 2.41. The Kier molecular flexibility index (Phi) is 27.0. The zero-order valence-corrected chi connectivity index (χ0v) is 65.8. The molecule has 0 bridgehead atoms. The van der Waals surface area contributed by atoms with Crippen LogP contribution >= 0.6 is 0 Å². The summed E-state index contributed by atoms with van der Waals surface area (Å²) in [6.07, 6.45) is 4.59. The predicted molar refractivity (Wildman–Crippen MR) is 433 cm³/mol. The highest BCUT2D eigenvalue weighted by atomic mass is 16.6. The molecule has 0 spiro atoms. The van der Waals surface area contributed by atoms with Gasteiger partial charge in [-0.15, -0.1) is 0 Å². The molecule has 0 radical (unpaired) electrons. The quantitative estimate of drug-likeness (QED) is 0.0246. The summed E-state index contributed by atoms with van der Waals surface area (Å²) in [4.78, 5) is 168. The lowest BCUT2D eigenvalue weighted by Gasteiger charge is -2.19. The van der Waals surface area contributed by atoms with Gasteiger partial charge in [-0.25, -0.2) is 39.5 Å². The third-order valence-corrected chi connectivity index (χ3v) is 18.1. The molecule has 0 saturated heterocycles. The van der Waals surface area contributed by atoms with E-state index in [-0.39, 0.29) is 95.1 Å². The van der Waals surface area contributed by atoms with Crippen LogP contribution in [0.15, 0.2) is 146 Å². The van der Waals surface area contributed by atoms with Crippen LogP contribution in [0.3, 0.4) is 0 Å². The predicted octanol–water partition coefficient (Wildman–Crippen LogP) is 10.9. The van der Waals surface area contributed by atoms with Crippen molar-refractivity contribution in [2.75, 3.05) is 47.9 Å². The van der Waals surface area contributed by atoms with Gasteiger partial charge in [0.25, 0.3) is 35.4 Å². The SMILES string of the molecule is CNC(=O)c1cccc(N2C(=O)Cc3c(C(N)=O)nc(-c4ccc(C)cc4)nc32)c1.Cc1ccc(-c2nc(C(N)=O)c3c(n2)N(c2cccc(C(=O)NCCCCCCNC(=O)OC(C)(C)C)c2)C(=O)C3)cc1.Cc1ccc(-c2nc(C(N)=O)c3c(n2)N(c2cccc(C(=O)NCCCCCNC(=O)OC(C)(C)C)c2)C(=O)C3)cc1. The minimum absolute atomic E-state index is 0.00150. The summed E-state index contributed by atoms with van der Waals surface area (Å²) in [5.74, 6) is -2.21. The molecule has 9 aromatic rings. The van der Waals surface area contributed by atoms with Crippen molar-refractivity contribution in [3.63, 3.8) is 0 Å². The number of carbonyl (C=O) groups is 11. The van der Waals surface area contributed by atoms with Crippen LogP contribution < -0.4 is 58.5 Å². The molecule has 6 aromatic carbocycles. The minimum atomic E-state index is -0.745. The van der Waals surface area contributed by atoms with E-state index in [1.165, 1.54) is 21.7 Å². The molecule has 6 heterocycles. The molecule has 0 unspecified atom stereocenters. The van der Waals surface area contributed by atoms with Gasteiger partial charge in [-0.1, -0.05) is 121 Å². The number of nitrogens with two attached hydrogens (primary N) is 3. The van der Waals surface area contributed by atoms with Crippen LogP contribution in [0, 0.1) is 20.8 Å². The molecule has 11 amide bonds. The summed E-state index contributed by atoms with van der Waals surface area (Å²) < 4.78 is 10.4. The van der Waals surface area contributed by atoms with E-state index in [0.717, 1.165) is 61.6 Å². The molecule has 596 valence electrons. The van der Waals surface area contributed by atoms with Crippen LogP contribution in [-0.2, 0) is 43.1 Å². The first-order chi connectivity index (χ1) is 54.7. The first kappa shape index (κ1) is 83.8. The van der Waals surface area contributed by atoms with E-state index in [2.05, 4.69) is 56.5 Å². The van der Waals surface area contributed by atoms with Crippen LogP contribution in [0.4, 0.5) is 44.1 Å². The number of anilines is 6. The number of nitrogens with one attached hydrogen (secondary N) is 5. The molecule has 30 nitrogen and oxygen atoms in total. The number of carbonyl (C=O) groups excluding carboxylic acids is 11. The van der Waals surface area contributed by atoms with Crippen molar-refractivity contribution in [3.05, 3.63) is 213 Å². The van der Waals surface area contributed by atoms with Gasteiger partial charge in [-0.2, -0.15) is 0 Å². The van der Waals surface area contributed by atoms with Gasteiger partial charge >= 0.3 is 12.2 Å². The second kappa shape index (κ2) is 37.1. The standard InChI is InChI=1S/C32H38N6O5.C31H36N6O5.C22H19N5O3/c1-20-12-14-21(15-13-20)28-36-26(27(33)40)24-19-25(39)38(29(24)37-28)23-11-9-10-22(18-23)30(41)34-16-7-5-6-8-17-35-31(42)43-32(2,3)4;1-19-11-13-20(14-12-19)27-35-25(26(32)39)23-18-24(38)37(28(23)36-27)22-10-8-9-21(17-22)29(40)33-15-6-5-7-16-34-30(41)42-31(2,3)4;1-12-6-8-13(9-7-12)20-25-18(19(23)29)16-11-17(28)27(21(16)26-20)15-5-3-4-14(10-15)22(30)24-2/h9-15,18H,5-8,16-17,19H2,1-4H3,(H2,33,40)(H,34,41)(H,35,42);8-14,17H,5-7,15-16,18H2,1-4H3,(H2,32,39)(H,33,40)(H,34,41);3-10H,11H2,1-2H3,(H2,23,29)(H,24,30). The van der Waals surface area contributed by atoms with Gasteiger partial charge in [-0.3, -0.25) is 57.9 Å². The average Bonchev–Trinajstić information content (AvgIpc) is 1.63. The first-order valence-corrected chi connectivity index (χ1v) is 37.6. The number of nitrogens with zero attached hydrogens (tertiary/aromatic N) is 9. The Morgan fingerprint density at radius 1 is 0.374 bits per heavy atom. The Labute approximate surface area is 665 Å². The zero-order valence-electron chi connectivity index (χ0n) is 65.8. The Bertz CT molecular complexity index is 5210. The third kappa shape index (κ3) is 21.7. The van der Waals surface area contributed by atoms with Crippen LogP contribution in [0.5, 0.6) is 0 Å². The number of aromatic nitrogens is 6. The molecule has 115 heavy (non-hydrogen) atoms. The molecule has 3 aliphatic rings. The molecule has 30 heteroatoms. The van der Waals surface area contributed by atoms with Gasteiger partial charge in [0, 0.05) is 83.3 Å². The Balaban J connectivity index is 0.000000185. The summed E-state index contributed by atoms with van der Waals surface area (Å²) >= 11 is 0. The summed E-state index contributed by atoms with van der Waals surface area (Å²) in [5, 5.41) is 13.8. The third-order valence-electron chi connectivity index (χ3n) is 18.1. The van der Waals surface area contributed by atoms with Crippen LogP contribution in [0.1, 0.15) is 182 Å². The maximum absolute atomic E-state index is 13.2. The number of benzene rings is 6. The number of alkyl carbamates (subject to hydrolysis) is 2. The van der Waals surface area contributed by atoms with Gasteiger partial charge in [0.05, 0.1) is 36.3 Å². The summed E-state index contributed by atoms with van der Waals surface area (Å²) in [6.45, 7) is 18.7. The second-order valence-electron chi connectivity index (χ2n) is 29.6. The van der Waals surface area contributed by atoms with Crippen LogP contribution in [0.25, 0.3) is 34.2 Å². The van der Waals surface area contributed by atoms with E-state index in [9.17, 15) is 52.7 Å². The van der Waals surface area contributed by atoms with Crippen molar-refractivity contribution in [3.8, 4) is 34.2 Å². The van der Waals surface area contributed by atoms with E-state index in [4.69, 9.17) is 26.7 Å². The normalized spacial score (nSPS) is 12.6. The van der Waals surface area contributed by atoms with E-state index >= 15 is 0 Å². The van der Waals surface area contributed by atoms with Gasteiger partial charge in [-0.05, 0) is 149 Å². The van der Waals surface area contributed by atoms with Crippen molar-refractivity contribution in [1.29, 1.82) is 0 Å². The van der Waals surface area contributed by atoms with E-state index in [1.54, 1.807) is 72.8 Å². The number of ether oxygens (including phenoxy) is 2. The lowest BCUT2D eigenvalue weighted by molar-refractivity contribution is -0.117. The monoisotopic (exact) mass is 1560 g/mol. The van der Waals surface area contributed by atoms with E-state index in [0.29, 0.717) is 105 Å². The molecule has 3 aromatic heterocycles. The van der Waals surface area contributed by atoms with E-state index in [1.807, 2.05) is 135 Å². The Morgan fingerprint density at radius 3 is 0.913 bits per heavy atom. The van der Waals surface area contributed by atoms with Gasteiger partial charge < -0.3 is 53.3 Å². The molecule has 0 fully saturated rings. The molecule has 0 aliphatic carbocycles. The first-order valence-electron chi connectivity index (χ1n) is 37.6. The summed E-state index contributed by atoms with van der Waals surface area (Å²) in [5.41, 5.74) is 24.7. The van der Waals surface area contributed by atoms with Crippen LogP contribution in [0.2, 0.25) is 0 Å². The fraction of sp³-hybridized carbons (Fsp3) is 0.306.